The van der Waals surface area contributed by atoms with Gasteiger partial charge in [0.25, 0.3) is 5.91 Å². The molecule has 3 aromatic carbocycles. The van der Waals surface area contributed by atoms with Gasteiger partial charge in [0.2, 0.25) is 10.0 Å². The molecule has 174 valence electrons. The van der Waals surface area contributed by atoms with Gasteiger partial charge in [-0.1, -0.05) is 52.0 Å². The van der Waals surface area contributed by atoms with Crippen molar-refractivity contribution < 1.29 is 13.2 Å². The summed E-state index contributed by atoms with van der Waals surface area (Å²) in [5.41, 5.74) is 3.84. The van der Waals surface area contributed by atoms with Gasteiger partial charge in [-0.25, -0.2) is 8.42 Å². The predicted molar refractivity (Wildman–Crippen MR) is 134 cm³/mol. The van der Waals surface area contributed by atoms with Crippen molar-refractivity contribution in [3.05, 3.63) is 71.3 Å². The number of hydrogen-bond donors (Lipinski definition) is 1. The van der Waals surface area contributed by atoms with E-state index in [2.05, 4.69) is 17.4 Å². The lowest BCUT2D eigenvalue weighted by atomic mass is 10.0. The van der Waals surface area contributed by atoms with E-state index in [1.54, 1.807) is 16.4 Å². The zero-order valence-corrected chi connectivity index (χ0v) is 20.6. The number of amides is 1. The maximum absolute atomic E-state index is 13.2. The summed E-state index contributed by atoms with van der Waals surface area (Å²) in [7, 11) is -3.62. The van der Waals surface area contributed by atoms with Gasteiger partial charge >= 0.3 is 0 Å². The number of anilines is 1. The molecule has 1 aliphatic rings. The van der Waals surface area contributed by atoms with Gasteiger partial charge in [-0.3, -0.25) is 4.79 Å². The molecule has 0 unspecified atom stereocenters. The third-order valence-corrected chi connectivity index (χ3v) is 7.86. The van der Waals surface area contributed by atoms with Crippen LogP contribution in [0.2, 0.25) is 0 Å². The van der Waals surface area contributed by atoms with Crippen molar-refractivity contribution in [1.82, 2.24) is 4.31 Å². The first-order valence-electron chi connectivity index (χ1n) is 11.6. The molecule has 3 aromatic rings. The number of nitrogens with zero attached hydrogens (tertiary/aromatic N) is 1. The van der Waals surface area contributed by atoms with E-state index in [0.717, 1.165) is 23.9 Å². The van der Waals surface area contributed by atoms with Crippen LogP contribution in [0.25, 0.3) is 10.8 Å². The highest BCUT2D eigenvalue weighted by molar-refractivity contribution is 7.89. The molecule has 6 heteroatoms. The van der Waals surface area contributed by atoms with E-state index in [1.165, 1.54) is 28.6 Å². The van der Waals surface area contributed by atoms with Crippen LogP contribution in [-0.2, 0) is 22.9 Å². The van der Waals surface area contributed by atoms with E-state index in [9.17, 15) is 13.2 Å². The summed E-state index contributed by atoms with van der Waals surface area (Å²) in [5, 5.41) is 5.31. The summed E-state index contributed by atoms with van der Waals surface area (Å²) in [4.78, 5) is 13.2. The summed E-state index contributed by atoms with van der Waals surface area (Å²) >= 11 is 0. The summed E-state index contributed by atoms with van der Waals surface area (Å²) in [6.45, 7) is 8.97. The summed E-state index contributed by atoms with van der Waals surface area (Å²) in [6, 6.07) is 16.5. The molecule has 5 nitrogen and oxygen atoms in total. The van der Waals surface area contributed by atoms with Crippen molar-refractivity contribution in [3.63, 3.8) is 0 Å². The summed E-state index contributed by atoms with van der Waals surface area (Å²) < 4.78 is 28.0. The fraction of sp³-hybridized carbons (Fsp3) is 0.370. The van der Waals surface area contributed by atoms with Crippen molar-refractivity contribution in [2.24, 2.45) is 11.8 Å². The first-order valence-corrected chi connectivity index (χ1v) is 13.1. The molecule has 0 aromatic heterocycles. The quantitative estimate of drug-likeness (QED) is 0.479. The molecule has 0 saturated heterocycles. The molecule has 0 aliphatic heterocycles. The van der Waals surface area contributed by atoms with Crippen molar-refractivity contribution in [2.75, 3.05) is 18.4 Å². The SMILES string of the molecule is CC(C)CN(CC(C)C)S(=O)(=O)c1ccc(C(=O)Nc2ccc3c4c(cccc24)CC3)cc1. The Hall–Kier alpha value is -2.70. The Morgan fingerprint density at radius 2 is 1.48 bits per heavy atom. The van der Waals surface area contributed by atoms with Gasteiger partial charge in [0.1, 0.15) is 0 Å². The Bertz CT molecular complexity index is 1260. The van der Waals surface area contributed by atoms with Crippen molar-refractivity contribution in [3.8, 4) is 0 Å². The number of nitrogens with one attached hydrogen (secondary N) is 1. The molecule has 0 bridgehead atoms. The molecular weight excluding hydrogens is 432 g/mol. The van der Waals surface area contributed by atoms with Gasteiger partial charge in [0.15, 0.2) is 0 Å². The third-order valence-electron chi connectivity index (χ3n) is 6.02. The number of rotatable bonds is 8. The highest BCUT2D eigenvalue weighted by Crippen LogP contribution is 2.35. The second kappa shape index (κ2) is 9.27. The van der Waals surface area contributed by atoms with E-state index in [4.69, 9.17) is 0 Å². The van der Waals surface area contributed by atoms with Crippen LogP contribution in [0.5, 0.6) is 0 Å². The Morgan fingerprint density at radius 1 is 0.879 bits per heavy atom. The second-order valence-corrected chi connectivity index (χ2v) is 11.6. The molecule has 4 rings (SSSR count). The van der Waals surface area contributed by atoms with Gasteiger partial charge in [0.05, 0.1) is 4.90 Å². The highest BCUT2D eigenvalue weighted by atomic mass is 32.2. The predicted octanol–water partition coefficient (Wildman–Crippen LogP) is 5.49. The van der Waals surface area contributed by atoms with Crippen LogP contribution in [0.15, 0.2) is 59.5 Å². The highest BCUT2D eigenvalue weighted by Gasteiger charge is 2.26. The van der Waals surface area contributed by atoms with Crippen LogP contribution in [0, 0.1) is 11.8 Å². The third kappa shape index (κ3) is 4.82. The van der Waals surface area contributed by atoms with Crippen molar-refractivity contribution in [2.45, 2.75) is 45.4 Å². The first kappa shape index (κ1) is 23.5. The van der Waals surface area contributed by atoms with Gasteiger partial charge in [-0.2, -0.15) is 4.31 Å². The minimum Gasteiger partial charge on any atom is -0.321 e. The molecule has 33 heavy (non-hydrogen) atoms. The molecule has 0 saturated carbocycles. The van der Waals surface area contributed by atoms with Gasteiger partial charge < -0.3 is 5.32 Å². The Kier molecular flexibility index (Phi) is 6.59. The second-order valence-electron chi connectivity index (χ2n) is 9.70. The van der Waals surface area contributed by atoms with Crippen LogP contribution >= 0.6 is 0 Å². The lowest BCUT2D eigenvalue weighted by Gasteiger charge is -2.25. The van der Waals surface area contributed by atoms with Gasteiger partial charge in [-0.15, -0.1) is 0 Å². The van der Waals surface area contributed by atoms with Crippen LogP contribution in [0.1, 0.15) is 49.2 Å². The molecule has 0 heterocycles. The first-order chi connectivity index (χ1) is 15.7. The summed E-state index contributed by atoms with van der Waals surface area (Å²) in [6.07, 6.45) is 2.06. The van der Waals surface area contributed by atoms with Crippen LogP contribution in [0.4, 0.5) is 5.69 Å². The average molecular weight is 465 g/mol. The average Bonchev–Trinajstić information content (AvgIpc) is 3.19. The number of benzene rings is 3. The molecule has 0 fully saturated rings. The largest absolute Gasteiger partial charge is 0.321 e. The number of hydrogen-bond acceptors (Lipinski definition) is 3. The molecule has 1 aliphatic carbocycles. The van der Waals surface area contributed by atoms with Crippen LogP contribution in [-0.4, -0.2) is 31.7 Å². The van der Waals surface area contributed by atoms with Crippen molar-refractivity contribution >= 4 is 32.4 Å². The Morgan fingerprint density at radius 3 is 2.09 bits per heavy atom. The zero-order chi connectivity index (χ0) is 23.8. The molecule has 0 radical (unpaired) electrons. The van der Waals surface area contributed by atoms with E-state index in [1.807, 2.05) is 45.9 Å². The number of carbonyl (C=O) groups is 1. The number of carbonyl (C=O) groups excluding carboxylic acids is 1. The topological polar surface area (TPSA) is 66.5 Å². The van der Waals surface area contributed by atoms with E-state index in [0.29, 0.717) is 18.7 Å². The van der Waals surface area contributed by atoms with E-state index in [-0.39, 0.29) is 22.6 Å². The lowest BCUT2D eigenvalue weighted by Crippen LogP contribution is -2.37. The monoisotopic (exact) mass is 464 g/mol. The van der Waals surface area contributed by atoms with Crippen LogP contribution < -0.4 is 5.32 Å². The maximum atomic E-state index is 13.2. The van der Waals surface area contributed by atoms with Crippen molar-refractivity contribution in [1.29, 1.82) is 0 Å². The lowest BCUT2D eigenvalue weighted by molar-refractivity contribution is 0.102. The summed E-state index contributed by atoms with van der Waals surface area (Å²) in [5.74, 6) is 0.196. The molecule has 1 N–H and O–H groups in total. The Labute approximate surface area is 196 Å². The number of aryl methyl sites for hydroxylation is 2. The fourth-order valence-electron chi connectivity index (χ4n) is 4.56. The normalized spacial score (nSPS) is 13.4. The van der Waals surface area contributed by atoms with Gasteiger partial charge in [-0.05, 0) is 71.5 Å². The standard InChI is InChI=1S/C27H32N2O3S/c1-18(2)16-29(17-19(3)4)33(31,32)23-13-10-22(11-14-23)27(30)28-25-15-12-21-9-8-20-6-5-7-24(25)26(20)21/h5-7,10-15,18-19H,8-9,16-17H2,1-4H3,(H,28,30). The molecule has 0 atom stereocenters. The van der Waals surface area contributed by atoms with Crippen LogP contribution in [0.3, 0.4) is 0 Å². The smallest absolute Gasteiger partial charge is 0.255 e. The van der Waals surface area contributed by atoms with E-state index >= 15 is 0 Å². The zero-order valence-electron chi connectivity index (χ0n) is 19.8. The van der Waals surface area contributed by atoms with Gasteiger partial charge in [0, 0.05) is 29.7 Å². The molecule has 1 amide bonds. The number of sulfonamides is 1. The minimum atomic E-state index is -3.62. The molecular formula is C27H32N2O3S. The molecule has 0 spiro atoms. The fourth-order valence-corrected chi connectivity index (χ4v) is 6.33. The minimum absolute atomic E-state index is 0.214. The van der Waals surface area contributed by atoms with E-state index < -0.39 is 10.0 Å². The Balaban J connectivity index is 1.56. The maximum Gasteiger partial charge on any atom is 0.255 e.